The molecule has 0 saturated heterocycles. The Labute approximate surface area is 166 Å². The minimum Gasteiger partial charge on any atom is -0.0544 e. The lowest BCUT2D eigenvalue weighted by molar-refractivity contribution is 1.43. The molecule has 0 aliphatic carbocycles. The first-order valence-electron chi connectivity index (χ1n) is 8.08. The first kappa shape index (κ1) is 17.9. The van der Waals surface area contributed by atoms with E-state index in [9.17, 15) is 0 Å². The van der Waals surface area contributed by atoms with Gasteiger partial charge < -0.3 is 0 Å². The van der Waals surface area contributed by atoms with Gasteiger partial charge in [-0.05, 0) is 59.0 Å². The Morgan fingerprint density at radius 3 is 1.52 bits per heavy atom. The third kappa shape index (κ3) is 5.29. The van der Waals surface area contributed by atoms with Gasteiger partial charge in [-0.2, -0.15) is 0 Å². The summed E-state index contributed by atoms with van der Waals surface area (Å²) in [5.41, 5.74) is 6.11. The molecule has 0 unspecified atom stereocenters. The highest BCUT2D eigenvalue weighted by Crippen LogP contribution is 2.18. The van der Waals surface area contributed by atoms with Crippen LogP contribution in [-0.2, 0) is 0 Å². The minimum absolute atomic E-state index is 1.10. The maximum Gasteiger partial charge on any atom is 0.0175 e. The molecule has 0 nitrogen and oxygen atoms in total. The summed E-state index contributed by atoms with van der Waals surface area (Å²) in [5.74, 6) is 0. The van der Waals surface area contributed by atoms with Crippen LogP contribution in [0.3, 0.4) is 0 Å². The Morgan fingerprint density at radius 1 is 0.560 bits per heavy atom. The van der Waals surface area contributed by atoms with E-state index in [1.807, 2.05) is 0 Å². The smallest absolute Gasteiger partial charge is 0.0175 e. The van der Waals surface area contributed by atoms with Crippen molar-refractivity contribution < 1.29 is 0 Å². The summed E-state index contributed by atoms with van der Waals surface area (Å²) >= 11 is 6.92. The predicted molar refractivity (Wildman–Crippen MR) is 117 cm³/mol. The maximum atomic E-state index is 3.46. The number of halogens is 2. The van der Waals surface area contributed by atoms with Crippen molar-refractivity contribution in [2.24, 2.45) is 0 Å². The van der Waals surface area contributed by atoms with E-state index in [2.05, 4.69) is 130 Å². The molecule has 0 fully saturated rings. The van der Waals surface area contributed by atoms with Gasteiger partial charge in [-0.15, -0.1) is 0 Å². The van der Waals surface area contributed by atoms with E-state index in [0.717, 1.165) is 8.95 Å². The Kier molecular flexibility index (Phi) is 6.06. The van der Waals surface area contributed by atoms with Gasteiger partial charge in [0.05, 0.1) is 0 Å². The lowest BCUT2D eigenvalue weighted by atomic mass is 10.0. The fourth-order valence-corrected chi connectivity index (χ4v) is 3.04. The van der Waals surface area contributed by atoms with E-state index in [4.69, 9.17) is 0 Å². The highest BCUT2D eigenvalue weighted by atomic mass is 79.9. The summed E-state index contributed by atoms with van der Waals surface area (Å²) in [4.78, 5) is 0. The van der Waals surface area contributed by atoms with Gasteiger partial charge in [0.15, 0.2) is 0 Å². The Morgan fingerprint density at radius 2 is 1.00 bits per heavy atom. The monoisotopic (exact) mass is 452 g/mol. The molecular weight excluding hydrogens is 436 g/mol. The Balaban J connectivity index is 1.74. The molecule has 0 aromatic heterocycles. The van der Waals surface area contributed by atoms with Gasteiger partial charge >= 0.3 is 0 Å². The van der Waals surface area contributed by atoms with Gasteiger partial charge in [0.2, 0.25) is 0 Å². The normalized spacial score (nSPS) is 11.5. The molecule has 0 aliphatic heterocycles. The van der Waals surface area contributed by atoms with Gasteiger partial charge in [0.1, 0.15) is 0 Å². The molecule has 0 atom stereocenters. The molecular formula is C23H18Br2. The zero-order chi connectivity index (χ0) is 17.6. The Bertz CT molecular complexity index is 902. The van der Waals surface area contributed by atoms with Gasteiger partial charge in [0, 0.05) is 8.95 Å². The minimum atomic E-state index is 1.10. The summed E-state index contributed by atoms with van der Waals surface area (Å²) in [6.45, 7) is 2.15. The quantitative estimate of drug-likeness (QED) is 0.352. The van der Waals surface area contributed by atoms with Crippen LogP contribution in [0.1, 0.15) is 27.8 Å². The molecule has 0 radical (unpaired) electrons. The van der Waals surface area contributed by atoms with Crippen molar-refractivity contribution in [1.82, 2.24) is 0 Å². The zero-order valence-corrected chi connectivity index (χ0v) is 17.1. The molecule has 0 bridgehead atoms. The number of rotatable bonds is 4. The third-order valence-corrected chi connectivity index (χ3v) is 5.01. The molecule has 3 aromatic carbocycles. The van der Waals surface area contributed by atoms with Crippen LogP contribution in [0.15, 0.2) is 75.7 Å². The summed E-state index contributed by atoms with van der Waals surface area (Å²) < 4.78 is 2.20. The van der Waals surface area contributed by atoms with Crippen molar-refractivity contribution >= 4 is 56.2 Å². The van der Waals surface area contributed by atoms with Crippen LogP contribution < -0.4 is 0 Å². The standard InChI is InChI=1S/C23H18Br2/c1-17-16-20(3-2-18-6-12-22(24)13-7-18)5-11-21(17)10-4-19-8-14-23(25)15-9-19/h2-16H,1H3/b3-2-,10-4?. The van der Waals surface area contributed by atoms with Gasteiger partial charge in [-0.3, -0.25) is 0 Å². The summed E-state index contributed by atoms with van der Waals surface area (Å²) in [5, 5.41) is 0. The van der Waals surface area contributed by atoms with E-state index in [0.29, 0.717) is 0 Å². The van der Waals surface area contributed by atoms with Crippen molar-refractivity contribution in [2.75, 3.05) is 0 Å². The van der Waals surface area contributed by atoms with Crippen LogP contribution in [0.25, 0.3) is 24.3 Å². The second-order valence-corrected chi connectivity index (χ2v) is 7.72. The third-order valence-electron chi connectivity index (χ3n) is 3.96. The number of aryl methyl sites for hydroxylation is 1. The molecule has 3 aromatic rings. The maximum absolute atomic E-state index is 3.46. The fraction of sp³-hybridized carbons (Fsp3) is 0.0435. The lowest BCUT2D eigenvalue weighted by Gasteiger charge is -2.03. The van der Waals surface area contributed by atoms with Crippen LogP contribution in [-0.4, -0.2) is 0 Å². The molecule has 3 rings (SSSR count). The average molecular weight is 454 g/mol. The summed E-state index contributed by atoms with van der Waals surface area (Å²) in [7, 11) is 0. The van der Waals surface area contributed by atoms with E-state index < -0.39 is 0 Å². The van der Waals surface area contributed by atoms with E-state index in [-0.39, 0.29) is 0 Å². The molecule has 0 spiro atoms. The topological polar surface area (TPSA) is 0 Å². The van der Waals surface area contributed by atoms with E-state index in [1.54, 1.807) is 0 Å². The van der Waals surface area contributed by atoms with Crippen molar-refractivity contribution in [3.05, 3.63) is 103 Å². The van der Waals surface area contributed by atoms with Crippen LogP contribution in [0.5, 0.6) is 0 Å². The molecule has 2 heteroatoms. The van der Waals surface area contributed by atoms with Crippen molar-refractivity contribution in [1.29, 1.82) is 0 Å². The molecule has 0 aliphatic rings. The van der Waals surface area contributed by atoms with Crippen LogP contribution in [0, 0.1) is 6.92 Å². The van der Waals surface area contributed by atoms with Crippen LogP contribution in [0.2, 0.25) is 0 Å². The van der Waals surface area contributed by atoms with Gasteiger partial charge in [0.25, 0.3) is 0 Å². The highest BCUT2D eigenvalue weighted by molar-refractivity contribution is 9.10. The van der Waals surface area contributed by atoms with E-state index in [1.165, 1.54) is 27.8 Å². The van der Waals surface area contributed by atoms with Crippen molar-refractivity contribution in [3.8, 4) is 0 Å². The van der Waals surface area contributed by atoms with Gasteiger partial charge in [-0.25, -0.2) is 0 Å². The van der Waals surface area contributed by atoms with E-state index >= 15 is 0 Å². The van der Waals surface area contributed by atoms with Gasteiger partial charge in [-0.1, -0.05) is 98.6 Å². The van der Waals surface area contributed by atoms with Crippen molar-refractivity contribution in [2.45, 2.75) is 6.92 Å². The number of hydrogen-bond donors (Lipinski definition) is 0. The molecule has 0 saturated carbocycles. The number of hydrogen-bond acceptors (Lipinski definition) is 0. The second kappa shape index (κ2) is 8.46. The molecule has 0 amide bonds. The number of benzene rings is 3. The average Bonchev–Trinajstić information content (AvgIpc) is 2.62. The fourth-order valence-electron chi connectivity index (χ4n) is 2.52. The summed E-state index contributed by atoms with van der Waals surface area (Å²) in [6.07, 6.45) is 8.60. The lowest BCUT2D eigenvalue weighted by Crippen LogP contribution is -1.82. The SMILES string of the molecule is Cc1cc(/C=C\c2ccc(Br)cc2)ccc1C=Cc1ccc(Br)cc1. The zero-order valence-electron chi connectivity index (χ0n) is 13.9. The Hall–Kier alpha value is -1.90. The van der Waals surface area contributed by atoms with Crippen LogP contribution >= 0.6 is 31.9 Å². The second-order valence-electron chi connectivity index (χ2n) is 5.89. The largest absolute Gasteiger partial charge is 0.0544 e. The molecule has 124 valence electrons. The van der Waals surface area contributed by atoms with Crippen LogP contribution in [0.4, 0.5) is 0 Å². The predicted octanol–water partition coefficient (Wildman–Crippen LogP) is 7.86. The van der Waals surface area contributed by atoms with Crippen molar-refractivity contribution in [3.63, 3.8) is 0 Å². The highest BCUT2D eigenvalue weighted by Gasteiger charge is 1.96. The first-order valence-corrected chi connectivity index (χ1v) is 9.67. The first-order chi connectivity index (χ1) is 12.1. The molecule has 0 heterocycles. The summed E-state index contributed by atoms with van der Waals surface area (Å²) in [6, 6.07) is 23.2. The molecule has 0 N–H and O–H groups in total. The molecule has 25 heavy (non-hydrogen) atoms.